The molecule has 0 radical (unpaired) electrons. The third-order valence-corrected chi connectivity index (χ3v) is 4.50. The van der Waals surface area contributed by atoms with Gasteiger partial charge in [-0.1, -0.05) is 60.7 Å². The molecule has 0 spiro atoms. The lowest BCUT2D eigenvalue weighted by atomic mass is 9.88. The topological polar surface area (TPSA) is 52.6 Å². The number of esters is 1. The van der Waals surface area contributed by atoms with Crippen molar-refractivity contribution in [1.29, 1.82) is 0 Å². The molecule has 1 saturated heterocycles. The zero-order chi connectivity index (χ0) is 17.6. The van der Waals surface area contributed by atoms with Crippen molar-refractivity contribution in [3.63, 3.8) is 0 Å². The van der Waals surface area contributed by atoms with E-state index in [0.29, 0.717) is 18.6 Å². The van der Waals surface area contributed by atoms with Crippen molar-refractivity contribution in [2.24, 2.45) is 5.92 Å². The number of rotatable bonds is 6. The monoisotopic (exact) mass is 338 g/mol. The summed E-state index contributed by atoms with van der Waals surface area (Å²) in [6, 6.07) is 19.0. The first-order chi connectivity index (χ1) is 12.2. The second kappa shape index (κ2) is 8.08. The largest absolute Gasteiger partial charge is 0.466 e. The van der Waals surface area contributed by atoms with Crippen LogP contribution < -0.4 is 0 Å². The Morgan fingerprint density at radius 2 is 1.68 bits per heavy atom. The zero-order valence-electron chi connectivity index (χ0n) is 14.3. The average Bonchev–Trinajstić information content (AvgIpc) is 3.06. The van der Waals surface area contributed by atoms with Crippen LogP contribution in [0.3, 0.4) is 0 Å². The lowest BCUT2D eigenvalue weighted by Gasteiger charge is -2.17. The number of hydrogen-bond donors (Lipinski definition) is 0. The molecule has 2 aromatic carbocycles. The molecule has 0 amide bonds. The maximum atomic E-state index is 12.9. The molecular formula is C21H22O4. The number of hydrogen-bond acceptors (Lipinski definition) is 4. The maximum absolute atomic E-state index is 12.9. The van der Waals surface area contributed by atoms with Crippen LogP contribution in [0.15, 0.2) is 60.7 Å². The molecule has 3 rings (SSSR count). The molecule has 4 nitrogen and oxygen atoms in total. The summed E-state index contributed by atoms with van der Waals surface area (Å²) in [5.74, 6) is -0.655. The van der Waals surface area contributed by atoms with Gasteiger partial charge in [0.2, 0.25) is 0 Å². The zero-order valence-corrected chi connectivity index (χ0v) is 14.3. The van der Waals surface area contributed by atoms with Crippen LogP contribution in [0.1, 0.15) is 41.8 Å². The van der Waals surface area contributed by atoms with Crippen LogP contribution in [0.25, 0.3) is 0 Å². The lowest BCUT2D eigenvalue weighted by Crippen LogP contribution is -2.27. The molecule has 0 aliphatic carbocycles. The predicted octanol–water partition coefficient (Wildman–Crippen LogP) is 3.97. The average molecular weight is 338 g/mol. The Labute approximate surface area is 147 Å². The highest BCUT2D eigenvalue weighted by molar-refractivity contribution is 5.98. The summed E-state index contributed by atoms with van der Waals surface area (Å²) >= 11 is 0. The van der Waals surface area contributed by atoms with Crippen LogP contribution in [-0.4, -0.2) is 24.5 Å². The van der Waals surface area contributed by atoms with E-state index in [9.17, 15) is 9.59 Å². The van der Waals surface area contributed by atoms with Gasteiger partial charge >= 0.3 is 5.97 Å². The molecule has 0 saturated carbocycles. The van der Waals surface area contributed by atoms with E-state index < -0.39 is 6.10 Å². The Bertz CT molecular complexity index is 711. The van der Waals surface area contributed by atoms with Crippen molar-refractivity contribution >= 4 is 11.8 Å². The van der Waals surface area contributed by atoms with E-state index in [0.717, 1.165) is 5.56 Å². The highest BCUT2D eigenvalue weighted by Gasteiger charge is 2.41. The van der Waals surface area contributed by atoms with Crippen LogP contribution in [-0.2, 0) is 14.3 Å². The molecule has 25 heavy (non-hydrogen) atoms. The van der Waals surface area contributed by atoms with Crippen LogP contribution in [0.2, 0.25) is 0 Å². The third-order valence-electron chi connectivity index (χ3n) is 4.50. The van der Waals surface area contributed by atoms with Gasteiger partial charge in [-0.3, -0.25) is 9.59 Å². The van der Waals surface area contributed by atoms with Gasteiger partial charge in [0.1, 0.15) is 0 Å². The van der Waals surface area contributed by atoms with Crippen LogP contribution in [0.4, 0.5) is 0 Å². The fraction of sp³-hybridized carbons (Fsp3) is 0.333. The van der Waals surface area contributed by atoms with E-state index in [4.69, 9.17) is 9.47 Å². The third kappa shape index (κ3) is 4.15. The predicted molar refractivity (Wildman–Crippen MR) is 94.2 cm³/mol. The standard InChI is InChI=1S/C21H22O4/c1-2-24-20(22)14-19-17(21(23)16-11-7-4-8-12-16)13-18(25-19)15-9-5-3-6-10-15/h3-12,17-19H,2,13-14H2,1H3/t17-,18+,19+/m1/s1. The summed E-state index contributed by atoms with van der Waals surface area (Å²) in [7, 11) is 0. The van der Waals surface area contributed by atoms with E-state index in [1.54, 1.807) is 19.1 Å². The highest BCUT2D eigenvalue weighted by atomic mass is 16.5. The van der Waals surface area contributed by atoms with Gasteiger partial charge in [0, 0.05) is 5.56 Å². The van der Waals surface area contributed by atoms with Gasteiger partial charge in [0.15, 0.2) is 5.78 Å². The van der Waals surface area contributed by atoms with Crippen molar-refractivity contribution < 1.29 is 19.1 Å². The molecule has 4 heteroatoms. The molecule has 0 unspecified atom stereocenters. The minimum atomic E-state index is -0.461. The van der Waals surface area contributed by atoms with Crippen molar-refractivity contribution in [3.8, 4) is 0 Å². The molecule has 1 heterocycles. The Balaban J connectivity index is 1.81. The van der Waals surface area contributed by atoms with Gasteiger partial charge in [-0.2, -0.15) is 0 Å². The van der Waals surface area contributed by atoms with Gasteiger partial charge in [-0.25, -0.2) is 0 Å². The fourth-order valence-electron chi connectivity index (χ4n) is 3.29. The normalized spacial score (nSPS) is 22.5. The van der Waals surface area contributed by atoms with Gasteiger partial charge in [0.25, 0.3) is 0 Å². The van der Waals surface area contributed by atoms with E-state index in [2.05, 4.69) is 0 Å². The van der Waals surface area contributed by atoms with Crippen molar-refractivity contribution in [3.05, 3.63) is 71.8 Å². The first-order valence-corrected chi connectivity index (χ1v) is 8.64. The van der Waals surface area contributed by atoms with E-state index >= 15 is 0 Å². The maximum Gasteiger partial charge on any atom is 0.308 e. The summed E-state index contributed by atoms with van der Waals surface area (Å²) in [6.45, 7) is 2.09. The van der Waals surface area contributed by atoms with Gasteiger partial charge in [-0.15, -0.1) is 0 Å². The summed E-state index contributed by atoms with van der Waals surface area (Å²) in [5.41, 5.74) is 1.68. The first-order valence-electron chi connectivity index (χ1n) is 8.64. The number of carbonyl (C=O) groups is 2. The smallest absolute Gasteiger partial charge is 0.308 e. The van der Waals surface area contributed by atoms with Gasteiger partial charge in [0.05, 0.1) is 31.2 Å². The number of ether oxygens (including phenoxy) is 2. The molecule has 2 aromatic rings. The number of benzene rings is 2. The molecule has 0 bridgehead atoms. The SMILES string of the molecule is CCOC(=O)C[C@@H]1O[C@H](c2ccccc2)C[C@H]1C(=O)c1ccccc1. The quantitative estimate of drug-likeness (QED) is 0.591. The second-order valence-electron chi connectivity index (χ2n) is 6.16. The summed E-state index contributed by atoms with van der Waals surface area (Å²) in [5, 5.41) is 0. The molecule has 1 fully saturated rings. The van der Waals surface area contributed by atoms with Crippen LogP contribution in [0, 0.1) is 5.92 Å². The molecule has 1 aliphatic rings. The Kier molecular flexibility index (Phi) is 5.61. The molecule has 3 atom stereocenters. The van der Waals surface area contributed by atoms with Gasteiger partial charge < -0.3 is 9.47 Å². The minimum absolute atomic E-state index is 0.0216. The molecule has 1 aliphatic heterocycles. The number of carbonyl (C=O) groups excluding carboxylic acids is 2. The Morgan fingerprint density at radius 1 is 1.04 bits per heavy atom. The van der Waals surface area contributed by atoms with Crippen LogP contribution >= 0.6 is 0 Å². The van der Waals surface area contributed by atoms with Crippen molar-refractivity contribution in [2.75, 3.05) is 6.61 Å². The fourth-order valence-corrected chi connectivity index (χ4v) is 3.29. The van der Waals surface area contributed by atoms with E-state index in [-0.39, 0.29) is 30.2 Å². The number of ketones is 1. The van der Waals surface area contributed by atoms with Crippen molar-refractivity contribution in [1.82, 2.24) is 0 Å². The lowest BCUT2D eigenvalue weighted by molar-refractivity contribution is -0.146. The first kappa shape index (κ1) is 17.4. The molecule has 130 valence electrons. The Morgan fingerprint density at radius 3 is 2.32 bits per heavy atom. The van der Waals surface area contributed by atoms with E-state index in [1.165, 1.54) is 0 Å². The molecule has 0 N–H and O–H groups in total. The Hall–Kier alpha value is -2.46. The second-order valence-corrected chi connectivity index (χ2v) is 6.16. The summed E-state index contributed by atoms with van der Waals surface area (Å²) < 4.78 is 11.1. The van der Waals surface area contributed by atoms with Crippen molar-refractivity contribution in [2.45, 2.75) is 32.0 Å². The molecular weight excluding hydrogens is 316 g/mol. The molecule has 0 aromatic heterocycles. The van der Waals surface area contributed by atoms with E-state index in [1.807, 2.05) is 48.5 Å². The van der Waals surface area contributed by atoms with Gasteiger partial charge in [-0.05, 0) is 18.9 Å². The highest BCUT2D eigenvalue weighted by Crippen LogP contribution is 2.40. The minimum Gasteiger partial charge on any atom is -0.466 e. The number of Topliss-reactive ketones (excluding diaryl/α,β-unsaturated/α-hetero) is 1. The summed E-state index contributed by atoms with van der Waals surface area (Å²) in [4.78, 5) is 24.9. The summed E-state index contributed by atoms with van der Waals surface area (Å²) in [6.07, 6.45) is 0.0256. The van der Waals surface area contributed by atoms with Crippen LogP contribution in [0.5, 0.6) is 0 Å².